The third-order valence-corrected chi connectivity index (χ3v) is 5.69. The first-order chi connectivity index (χ1) is 12.2. The molecule has 25 heavy (non-hydrogen) atoms. The van der Waals surface area contributed by atoms with Crippen LogP contribution in [0.4, 0.5) is 5.82 Å². The molecule has 1 saturated carbocycles. The van der Waals surface area contributed by atoms with Gasteiger partial charge in [0.15, 0.2) is 5.82 Å². The lowest BCUT2D eigenvalue weighted by molar-refractivity contribution is 0.00791. The number of aryl methyl sites for hydroxylation is 1. The predicted octanol–water partition coefficient (Wildman–Crippen LogP) is 3.16. The lowest BCUT2D eigenvalue weighted by Gasteiger charge is -2.39. The summed E-state index contributed by atoms with van der Waals surface area (Å²) < 4.78 is 7.65. The standard InChI is InChI=1S/C18H26ClN5O/c1-2-23-8-7-15-16(23)17(22-18(19)21-15)20-13-3-5-14(6-4-13)24-9-11-25-12-10-24/h7-8,13-14H,2-6,9-12H2,1H3,(H,20,21,22)/t13-,14-. The number of nitrogens with one attached hydrogen (secondary N) is 1. The van der Waals surface area contributed by atoms with Crippen molar-refractivity contribution in [1.29, 1.82) is 0 Å². The minimum atomic E-state index is 0.311. The molecule has 4 rings (SSSR count). The van der Waals surface area contributed by atoms with Crippen molar-refractivity contribution in [2.45, 2.75) is 51.2 Å². The van der Waals surface area contributed by atoms with E-state index >= 15 is 0 Å². The number of hydrogen-bond acceptors (Lipinski definition) is 5. The zero-order valence-corrected chi connectivity index (χ0v) is 15.5. The zero-order valence-electron chi connectivity index (χ0n) is 14.7. The number of rotatable bonds is 4. The summed E-state index contributed by atoms with van der Waals surface area (Å²) in [6, 6.07) is 3.16. The molecule has 1 aliphatic heterocycles. The average molecular weight is 364 g/mol. The average Bonchev–Trinajstić information content (AvgIpc) is 3.06. The Kier molecular flexibility index (Phi) is 5.10. The summed E-state index contributed by atoms with van der Waals surface area (Å²) in [5.41, 5.74) is 1.97. The van der Waals surface area contributed by atoms with Crippen LogP contribution >= 0.6 is 11.6 Å². The number of aromatic nitrogens is 3. The minimum Gasteiger partial charge on any atom is -0.379 e. The van der Waals surface area contributed by atoms with Gasteiger partial charge in [-0.2, -0.15) is 4.98 Å². The first kappa shape index (κ1) is 17.1. The van der Waals surface area contributed by atoms with Crippen molar-refractivity contribution in [2.24, 2.45) is 0 Å². The van der Waals surface area contributed by atoms with Gasteiger partial charge in [0.1, 0.15) is 5.52 Å². The van der Waals surface area contributed by atoms with Gasteiger partial charge in [-0.1, -0.05) is 0 Å². The van der Waals surface area contributed by atoms with E-state index in [1.165, 1.54) is 12.8 Å². The highest BCUT2D eigenvalue weighted by Gasteiger charge is 2.27. The highest BCUT2D eigenvalue weighted by molar-refractivity contribution is 6.28. The van der Waals surface area contributed by atoms with Crippen LogP contribution in [0, 0.1) is 0 Å². The van der Waals surface area contributed by atoms with E-state index in [2.05, 4.69) is 37.9 Å². The molecule has 0 unspecified atom stereocenters. The summed E-state index contributed by atoms with van der Waals surface area (Å²) in [6.07, 6.45) is 6.84. The number of hydrogen-bond donors (Lipinski definition) is 1. The Hall–Kier alpha value is -1.37. The normalized spacial score (nSPS) is 25.4. The molecule has 2 aromatic heterocycles. The van der Waals surface area contributed by atoms with Crippen molar-refractivity contribution in [2.75, 3.05) is 31.6 Å². The topological polar surface area (TPSA) is 55.2 Å². The van der Waals surface area contributed by atoms with Crippen molar-refractivity contribution in [3.63, 3.8) is 0 Å². The second kappa shape index (κ2) is 7.48. The molecule has 1 saturated heterocycles. The maximum atomic E-state index is 6.13. The monoisotopic (exact) mass is 363 g/mol. The Morgan fingerprint density at radius 3 is 2.68 bits per heavy atom. The van der Waals surface area contributed by atoms with Gasteiger partial charge in [-0.15, -0.1) is 0 Å². The van der Waals surface area contributed by atoms with Crippen molar-refractivity contribution < 1.29 is 4.74 Å². The van der Waals surface area contributed by atoms with Crippen molar-refractivity contribution in [3.8, 4) is 0 Å². The van der Waals surface area contributed by atoms with Crippen molar-refractivity contribution in [3.05, 3.63) is 17.5 Å². The molecule has 2 aliphatic rings. The van der Waals surface area contributed by atoms with Crippen LogP contribution < -0.4 is 5.32 Å². The fraction of sp³-hybridized carbons (Fsp3) is 0.667. The Bertz CT molecular complexity index is 720. The molecule has 6 nitrogen and oxygen atoms in total. The summed E-state index contributed by atoms with van der Waals surface area (Å²) in [6.45, 7) is 6.94. The van der Waals surface area contributed by atoms with Crippen LogP contribution in [0.3, 0.4) is 0 Å². The molecule has 0 amide bonds. The van der Waals surface area contributed by atoms with Gasteiger partial charge in [-0.3, -0.25) is 4.90 Å². The molecular weight excluding hydrogens is 338 g/mol. The molecule has 1 N–H and O–H groups in total. The third-order valence-electron chi connectivity index (χ3n) is 5.52. The first-order valence-corrected chi connectivity index (χ1v) is 9.73. The summed E-state index contributed by atoms with van der Waals surface area (Å²) in [5.74, 6) is 0.872. The summed E-state index contributed by atoms with van der Waals surface area (Å²) >= 11 is 6.13. The second-order valence-electron chi connectivity index (χ2n) is 6.97. The van der Waals surface area contributed by atoms with Gasteiger partial charge in [-0.05, 0) is 50.3 Å². The minimum absolute atomic E-state index is 0.311. The van der Waals surface area contributed by atoms with E-state index in [-0.39, 0.29) is 0 Å². The molecular formula is C18H26ClN5O. The highest BCUT2D eigenvalue weighted by Crippen LogP contribution is 2.29. The molecule has 2 aromatic rings. The molecule has 0 bridgehead atoms. The lowest BCUT2D eigenvalue weighted by Crippen LogP contribution is -2.46. The van der Waals surface area contributed by atoms with Crippen molar-refractivity contribution >= 4 is 28.5 Å². The van der Waals surface area contributed by atoms with Crippen LogP contribution in [-0.2, 0) is 11.3 Å². The molecule has 2 fully saturated rings. The Morgan fingerprint density at radius 2 is 1.96 bits per heavy atom. The zero-order chi connectivity index (χ0) is 17.2. The Morgan fingerprint density at radius 1 is 1.20 bits per heavy atom. The second-order valence-corrected chi connectivity index (χ2v) is 7.31. The number of anilines is 1. The number of ether oxygens (including phenoxy) is 1. The van der Waals surface area contributed by atoms with Gasteiger partial charge in [0.25, 0.3) is 0 Å². The van der Waals surface area contributed by atoms with Crippen LogP contribution in [-0.4, -0.2) is 57.8 Å². The molecule has 7 heteroatoms. The summed E-state index contributed by atoms with van der Waals surface area (Å²) in [4.78, 5) is 11.4. The summed E-state index contributed by atoms with van der Waals surface area (Å²) in [7, 11) is 0. The predicted molar refractivity (Wildman–Crippen MR) is 100 cm³/mol. The maximum Gasteiger partial charge on any atom is 0.225 e. The molecule has 0 radical (unpaired) electrons. The van der Waals surface area contributed by atoms with Gasteiger partial charge in [0.05, 0.1) is 18.7 Å². The van der Waals surface area contributed by atoms with Gasteiger partial charge in [0, 0.05) is 37.9 Å². The Balaban J connectivity index is 1.45. The van der Waals surface area contributed by atoms with E-state index in [0.717, 1.165) is 62.5 Å². The van der Waals surface area contributed by atoms with E-state index in [1.54, 1.807) is 0 Å². The highest BCUT2D eigenvalue weighted by atomic mass is 35.5. The molecule has 0 spiro atoms. The van der Waals surface area contributed by atoms with Gasteiger partial charge >= 0.3 is 0 Å². The van der Waals surface area contributed by atoms with E-state index in [4.69, 9.17) is 16.3 Å². The van der Waals surface area contributed by atoms with Crippen LogP contribution in [0.5, 0.6) is 0 Å². The molecule has 0 aromatic carbocycles. The smallest absolute Gasteiger partial charge is 0.225 e. The number of nitrogens with zero attached hydrogens (tertiary/aromatic N) is 4. The number of halogens is 1. The van der Waals surface area contributed by atoms with Gasteiger partial charge < -0.3 is 14.6 Å². The Labute approximate surface area is 153 Å². The largest absolute Gasteiger partial charge is 0.379 e. The molecule has 0 atom stereocenters. The van der Waals surface area contributed by atoms with Gasteiger partial charge in [-0.25, -0.2) is 4.98 Å². The fourth-order valence-electron chi connectivity index (χ4n) is 4.16. The lowest BCUT2D eigenvalue weighted by atomic mass is 9.90. The molecule has 1 aliphatic carbocycles. The number of fused-ring (bicyclic) bond motifs is 1. The molecule has 3 heterocycles. The quantitative estimate of drug-likeness (QED) is 0.845. The van der Waals surface area contributed by atoms with E-state index in [1.807, 2.05) is 6.07 Å². The van der Waals surface area contributed by atoms with Crippen LogP contribution in [0.1, 0.15) is 32.6 Å². The van der Waals surface area contributed by atoms with Crippen molar-refractivity contribution in [1.82, 2.24) is 19.4 Å². The van der Waals surface area contributed by atoms with E-state index < -0.39 is 0 Å². The fourth-order valence-corrected chi connectivity index (χ4v) is 4.34. The summed E-state index contributed by atoms with van der Waals surface area (Å²) in [5, 5.41) is 3.96. The maximum absolute atomic E-state index is 6.13. The van der Waals surface area contributed by atoms with Crippen LogP contribution in [0.15, 0.2) is 12.3 Å². The van der Waals surface area contributed by atoms with Crippen LogP contribution in [0.25, 0.3) is 11.0 Å². The SMILES string of the molecule is CCn1ccc2nc(Cl)nc(N[C@H]3CC[C@H](N4CCOCC4)CC3)c21. The first-order valence-electron chi connectivity index (χ1n) is 9.35. The van der Waals surface area contributed by atoms with Crippen LogP contribution in [0.2, 0.25) is 5.28 Å². The van der Waals surface area contributed by atoms with E-state index in [0.29, 0.717) is 17.4 Å². The number of morpholine rings is 1. The van der Waals surface area contributed by atoms with E-state index in [9.17, 15) is 0 Å². The van der Waals surface area contributed by atoms with Gasteiger partial charge in [0.2, 0.25) is 5.28 Å². The molecule has 136 valence electrons. The third kappa shape index (κ3) is 3.61.